The van der Waals surface area contributed by atoms with E-state index in [1.807, 2.05) is 12.1 Å². The van der Waals surface area contributed by atoms with E-state index in [1.54, 1.807) is 20.8 Å². The third kappa shape index (κ3) is 3.36. The number of benzene rings is 1. The molecule has 2 rings (SSSR count). The van der Waals surface area contributed by atoms with Gasteiger partial charge in [0.25, 0.3) is 0 Å². The molecule has 0 aromatic heterocycles. The molecular weight excluding hydrogens is 330 g/mol. The van der Waals surface area contributed by atoms with Gasteiger partial charge >= 0.3 is 0 Å². The van der Waals surface area contributed by atoms with Crippen LogP contribution in [0, 0.1) is 0 Å². The van der Waals surface area contributed by atoms with Crippen molar-refractivity contribution in [2.24, 2.45) is 0 Å². The summed E-state index contributed by atoms with van der Waals surface area (Å²) in [5, 5.41) is 28.2. The molecule has 0 saturated carbocycles. The van der Waals surface area contributed by atoms with Crippen LogP contribution in [0.25, 0.3) is 0 Å². The van der Waals surface area contributed by atoms with Gasteiger partial charge in [-0.3, -0.25) is 0 Å². The van der Waals surface area contributed by atoms with Crippen LogP contribution in [0.2, 0.25) is 0 Å². The Kier molecular flexibility index (Phi) is 5.71. The summed E-state index contributed by atoms with van der Waals surface area (Å²) in [6.07, 6.45) is 0.695. The van der Waals surface area contributed by atoms with E-state index in [0.717, 1.165) is 16.7 Å². The van der Waals surface area contributed by atoms with Crippen molar-refractivity contribution >= 4 is 10.0 Å². The van der Waals surface area contributed by atoms with Gasteiger partial charge in [0.1, 0.15) is 0 Å². The number of rotatable bonds is 6. The molecule has 7 heteroatoms. The van der Waals surface area contributed by atoms with Crippen molar-refractivity contribution in [3.63, 3.8) is 0 Å². The molecule has 1 aliphatic heterocycles. The van der Waals surface area contributed by atoms with Crippen molar-refractivity contribution in [3.05, 3.63) is 34.4 Å². The lowest BCUT2D eigenvalue weighted by molar-refractivity contribution is 0.232. The van der Waals surface area contributed by atoms with Crippen LogP contribution in [0.1, 0.15) is 55.5 Å². The summed E-state index contributed by atoms with van der Waals surface area (Å²) in [6.45, 7) is 4.90. The Bertz CT molecular complexity index is 694. The van der Waals surface area contributed by atoms with Crippen molar-refractivity contribution in [1.29, 1.82) is 0 Å². The van der Waals surface area contributed by atoms with E-state index < -0.39 is 20.8 Å². The van der Waals surface area contributed by atoms with Crippen LogP contribution in [-0.2, 0) is 29.6 Å². The molecule has 0 aliphatic carbocycles. The second-order valence-corrected chi connectivity index (χ2v) is 9.79. The number of aliphatic hydroxyl groups excluding tert-OH is 3. The first kappa shape index (κ1) is 19.3. The molecular formula is C17H27NO5S. The molecule has 0 amide bonds. The Labute approximate surface area is 143 Å². The molecule has 1 aromatic rings. The molecule has 0 unspecified atom stereocenters. The van der Waals surface area contributed by atoms with Crippen LogP contribution in [0.5, 0.6) is 0 Å². The van der Waals surface area contributed by atoms with Gasteiger partial charge in [-0.1, -0.05) is 12.1 Å². The minimum absolute atomic E-state index is 0.0564. The molecule has 6 nitrogen and oxygen atoms in total. The molecule has 1 heterocycles. The lowest BCUT2D eigenvalue weighted by Gasteiger charge is -2.31. The fraction of sp³-hybridized carbons (Fsp3) is 0.647. The van der Waals surface area contributed by atoms with E-state index in [2.05, 4.69) is 0 Å². The van der Waals surface area contributed by atoms with Gasteiger partial charge in [0.2, 0.25) is 10.0 Å². The highest BCUT2D eigenvalue weighted by Crippen LogP contribution is 2.43. The molecule has 1 aromatic carbocycles. The number of fused-ring (bicyclic) bond motifs is 1. The summed E-state index contributed by atoms with van der Waals surface area (Å²) in [4.78, 5) is 0. The average molecular weight is 357 g/mol. The minimum atomic E-state index is -3.57. The zero-order valence-electron chi connectivity index (χ0n) is 14.5. The Morgan fingerprint density at radius 3 is 2.33 bits per heavy atom. The normalized spacial score (nSPS) is 18.8. The highest BCUT2D eigenvalue weighted by molar-refractivity contribution is 7.90. The summed E-state index contributed by atoms with van der Waals surface area (Å²) < 4.78 is 26.5. The van der Waals surface area contributed by atoms with E-state index >= 15 is 0 Å². The third-order valence-electron chi connectivity index (χ3n) is 4.47. The first-order valence-corrected chi connectivity index (χ1v) is 9.60. The van der Waals surface area contributed by atoms with Gasteiger partial charge in [0, 0.05) is 19.8 Å². The van der Waals surface area contributed by atoms with E-state index in [4.69, 9.17) is 0 Å². The molecule has 0 saturated heterocycles. The molecule has 0 radical (unpaired) electrons. The zero-order valence-corrected chi connectivity index (χ0v) is 15.3. The quantitative estimate of drug-likeness (QED) is 0.708. The van der Waals surface area contributed by atoms with E-state index in [1.165, 1.54) is 4.31 Å². The number of aliphatic hydroxyl groups is 3. The molecule has 136 valence electrons. The summed E-state index contributed by atoms with van der Waals surface area (Å²) in [7, 11) is -3.57. The van der Waals surface area contributed by atoms with Crippen LogP contribution in [0.4, 0.5) is 0 Å². The van der Waals surface area contributed by atoms with Gasteiger partial charge in [0.15, 0.2) is 0 Å². The van der Waals surface area contributed by atoms with Crippen molar-refractivity contribution in [2.75, 3.05) is 13.2 Å². The lowest BCUT2D eigenvalue weighted by atomic mass is 9.93. The smallest absolute Gasteiger partial charge is 0.219 e. The molecule has 0 spiro atoms. The number of hydrogen-bond donors (Lipinski definition) is 3. The summed E-state index contributed by atoms with van der Waals surface area (Å²) in [5.74, 6) is 0. The van der Waals surface area contributed by atoms with Gasteiger partial charge < -0.3 is 15.3 Å². The van der Waals surface area contributed by atoms with Crippen LogP contribution in [-0.4, -0.2) is 46.0 Å². The predicted octanol–water partition coefficient (Wildman–Crippen LogP) is 1.08. The van der Waals surface area contributed by atoms with E-state index in [-0.39, 0.29) is 26.4 Å². The minimum Gasteiger partial charge on any atom is -0.396 e. The van der Waals surface area contributed by atoms with Crippen molar-refractivity contribution in [3.8, 4) is 0 Å². The topological polar surface area (TPSA) is 98.1 Å². The SMILES string of the molecule is CC(C)(C)S(=O)(=O)N1Cc2cc(CO)cc(CCO)c2[C@H]1CCO. The average Bonchev–Trinajstić information content (AvgIpc) is 2.86. The second kappa shape index (κ2) is 7.09. The predicted molar refractivity (Wildman–Crippen MR) is 91.8 cm³/mol. The Morgan fingerprint density at radius 1 is 1.17 bits per heavy atom. The van der Waals surface area contributed by atoms with Crippen LogP contribution in [0.3, 0.4) is 0 Å². The molecule has 0 bridgehead atoms. The highest BCUT2D eigenvalue weighted by atomic mass is 32.2. The lowest BCUT2D eigenvalue weighted by Crippen LogP contribution is -2.42. The van der Waals surface area contributed by atoms with Crippen LogP contribution in [0.15, 0.2) is 12.1 Å². The summed E-state index contributed by atoms with van der Waals surface area (Å²) in [6, 6.07) is 3.19. The number of sulfonamides is 1. The van der Waals surface area contributed by atoms with Gasteiger partial charge in [-0.25, -0.2) is 8.42 Å². The summed E-state index contributed by atoms with van der Waals surface area (Å²) in [5.41, 5.74) is 3.25. The maximum atomic E-state index is 13.0. The Balaban J connectivity index is 2.59. The molecule has 1 atom stereocenters. The van der Waals surface area contributed by atoms with E-state index in [9.17, 15) is 23.7 Å². The highest BCUT2D eigenvalue weighted by Gasteiger charge is 2.44. The molecule has 3 N–H and O–H groups in total. The largest absolute Gasteiger partial charge is 0.396 e. The maximum Gasteiger partial charge on any atom is 0.219 e. The van der Waals surface area contributed by atoms with Gasteiger partial charge in [-0.05, 0) is 55.9 Å². The molecule has 1 aliphatic rings. The van der Waals surface area contributed by atoms with Gasteiger partial charge in [-0.15, -0.1) is 0 Å². The zero-order chi connectivity index (χ0) is 18.1. The van der Waals surface area contributed by atoms with Crippen molar-refractivity contribution < 1.29 is 23.7 Å². The Morgan fingerprint density at radius 2 is 1.83 bits per heavy atom. The standard InChI is InChI=1S/C17H27NO5S/c1-17(2,3)24(22,23)18-10-14-9-12(11-21)8-13(4-6-19)16(14)15(18)5-7-20/h8-9,15,19-21H,4-7,10-11H2,1-3H3/t15-/m1/s1. The Hall–Kier alpha value is -0.990. The van der Waals surface area contributed by atoms with Crippen molar-refractivity contribution in [1.82, 2.24) is 4.31 Å². The first-order valence-electron chi connectivity index (χ1n) is 8.16. The monoisotopic (exact) mass is 357 g/mol. The fourth-order valence-corrected chi connectivity index (χ4v) is 4.82. The van der Waals surface area contributed by atoms with Gasteiger partial charge in [0.05, 0.1) is 17.4 Å². The molecule has 24 heavy (non-hydrogen) atoms. The third-order valence-corrected chi connectivity index (χ3v) is 7.02. The molecule has 0 fully saturated rings. The van der Waals surface area contributed by atoms with Gasteiger partial charge in [-0.2, -0.15) is 4.31 Å². The summed E-state index contributed by atoms with van der Waals surface area (Å²) >= 11 is 0. The van der Waals surface area contributed by atoms with Crippen LogP contribution < -0.4 is 0 Å². The van der Waals surface area contributed by atoms with Crippen molar-refractivity contribution in [2.45, 2.75) is 57.6 Å². The van der Waals surface area contributed by atoms with Crippen LogP contribution >= 0.6 is 0 Å². The number of nitrogens with zero attached hydrogens (tertiary/aromatic N) is 1. The van der Waals surface area contributed by atoms with E-state index in [0.29, 0.717) is 18.4 Å². The first-order chi connectivity index (χ1) is 11.2. The fourth-order valence-electron chi connectivity index (χ4n) is 3.27. The maximum absolute atomic E-state index is 13.0. The second-order valence-electron chi connectivity index (χ2n) is 7.15. The number of hydrogen-bond acceptors (Lipinski definition) is 5.